The molecule has 0 radical (unpaired) electrons. The molecule has 3 rings (SSSR count). The number of amides is 1. The molecule has 0 aliphatic rings. The SMILES string of the molecule is O=C(NCCc1nc2ccc(F)cc2[nH]1)c1cnccn1.O=C(O)C(F)(F)F. The fourth-order valence-electron chi connectivity index (χ4n) is 1.95. The second kappa shape index (κ2) is 8.88. The van der Waals surface area contributed by atoms with Crippen LogP contribution >= 0.6 is 0 Å². The Hall–Kier alpha value is -3.57. The number of nitrogens with zero attached hydrogens (tertiary/aromatic N) is 3. The van der Waals surface area contributed by atoms with E-state index in [0.717, 1.165) is 0 Å². The van der Waals surface area contributed by atoms with Crippen LogP contribution in [0.15, 0.2) is 36.8 Å². The van der Waals surface area contributed by atoms with E-state index in [4.69, 9.17) is 9.90 Å². The normalized spacial score (nSPS) is 10.9. The number of imidazole rings is 1. The van der Waals surface area contributed by atoms with Crippen molar-refractivity contribution in [3.8, 4) is 0 Å². The number of aromatic amines is 1. The van der Waals surface area contributed by atoms with E-state index in [2.05, 4.69) is 25.3 Å². The molecule has 2 heterocycles. The van der Waals surface area contributed by atoms with Crippen molar-refractivity contribution in [3.63, 3.8) is 0 Å². The summed E-state index contributed by atoms with van der Waals surface area (Å²) in [5.74, 6) is -2.67. The van der Waals surface area contributed by atoms with Crippen molar-refractivity contribution in [3.05, 3.63) is 54.1 Å². The number of alkyl halides is 3. The Labute approximate surface area is 154 Å². The van der Waals surface area contributed by atoms with Gasteiger partial charge in [0.05, 0.1) is 17.2 Å². The van der Waals surface area contributed by atoms with Crippen LogP contribution < -0.4 is 5.32 Å². The number of benzene rings is 1. The molecule has 148 valence electrons. The minimum atomic E-state index is -5.08. The van der Waals surface area contributed by atoms with Crippen LogP contribution in [-0.2, 0) is 11.2 Å². The van der Waals surface area contributed by atoms with Gasteiger partial charge in [-0.05, 0) is 18.2 Å². The zero-order valence-corrected chi connectivity index (χ0v) is 14.0. The Balaban J connectivity index is 0.000000345. The van der Waals surface area contributed by atoms with E-state index >= 15 is 0 Å². The number of rotatable bonds is 4. The molecule has 1 aromatic carbocycles. The van der Waals surface area contributed by atoms with Crippen LogP contribution in [0, 0.1) is 5.82 Å². The maximum Gasteiger partial charge on any atom is 0.490 e. The first kappa shape index (κ1) is 20.7. The summed E-state index contributed by atoms with van der Waals surface area (Å²) in [6.45, 7) is 0.401. The summed E-state index contributed by atoms with van der Waals surface area (Å²) in [5.41, 5.74) is 1.61. The Bertz CT molecular complexity index is 960. The highest BCUT2D eigenvalue weighted by Gasteiger charge is 2.38. The number of H-pyrrole nitrogens is 1. The first-order valence-corrected chi connectivity index (χ1v) is 7.65. The Kier molecular flexibility index (Phi) is 6.58. The predicted octanol–water partition coefficient (Wildman–Crippen LogP) is 2.10. The maximum absolute atomic E-state index is 13.1. The summed E-state index contributed by atoms with van der Waals surface area (Å²) in [6.07, 6.45) is -0.200. The van der Waals surface area contributed by atoms with E-state index in [0.29, 0.717) is 29.8 Å². The number of aromatic nitrogens is 4. The number of aliphatic carboxylic acids is 1. The van der Waals surface area contributed by atoms with Crippen LogP contribution in [-0.4, -0.2) is 49.6 Å². The van der Waals surface area contributed by atoms with Crippen LogP contribution in [0.3, 0.4) is 0 Å². The second-order valence-corrected chi connectivity index (χ2v) is 5.24. The van der Waals surface area contributed by atoms with Crippen LogP contribution in [0.5, 0.6) is 0 Å². The number of halogens is 4. The zero-order chi connectivity index (χ0) is 20.7. The molecule has 0 spiro atoms. The largest absolute Gasteiger partial charge is 0.490 e. The summed E-state index contributed by atoms with van der Waals surface area (Å²) in [6, 6.07) is 4.37. The van der Waals surface area contributed by atoms with Gasteiger partial charge in [-0.3, -0.25) is 9.78 Å². The third-order valence-corrected chi connectivity index (χ3v) is 3.18. The molecule has 12 heteroatoms. The van der Waals surface area contributed by atoms with E-state index in [-0.39, 0.29) is 17.4 Å². The summed E-state index contributed by atoms with van der Waals surface area (Å²) in [7, 11) is 0. The van der Waals surface area contributed by atoms with Gasteiger partial charge in [0.25, 0.3) is 5.91 Å². The van der Waals surface area contributed by atoms with Gasteiger partial charge >= 0.3 is 12.1 Å². The molecule has 0 saturated carbocycles. The van der Waals surface area contributed by atoms with Crippen molar-refractivity contribution < 1.29 is 32.3 Å². The van der Waals surface area contributed by atoms with Gasteiger partial charge < -0.3 is 15.4 Å². The van der Waals surface area contributed by atoms with Gasteiger partial charge in [0.1, 0.15) is 17.3 Å². The second-order valence-electron chi connectivity index (χ2n) is 5.24. The smallest absolute Gasteiger partial charge is 0.475 e. The first-order valence-electron chi connectivity index (χ1n) is 7.65. The summed E-state index contributed by atoms with van der Waals surface area (Å²) < 4.78 is 44.8. The molecule has 8 nitrogen and oxygen atoms in total. The Morgan fingerprint density at radius 3 is 2.54 bits per heavy atom. The summed E-state index contributed by atoms with van der Waals surface area (Å²) in [4.78, 5) is 35.7. The highest BCUT2D eigenvalue weighted by molar-refractivity contribution is 5.91. The zero-order valence-electron chi connectivity index (χ0n) is 14.0. The number of nitrogens with one attached hydrogen (secondary N) is 2. The molecular weight excluding hydrogens is 386 g/mol. The van der Waals surface area contributed by atoms with Gasteiger partial charge in [0.2, 0.25) is 0 Å². The molecule has 0 unspecified atom stereocenters. The molecule has 0 aliphatic carbocycles. The Morgan fingerprint density at radius 1 is 1.21 bits per heavy atom. The highest BCUT2D eigenvalue weighted by Crippen LogP contribution is 2.13. The quantitative estimate of drug-likeness (QED) is 0.578. The van der Waals surface area contributed by atoms with E-state index in [1.54, 1.807) is 6.07 Å². The molecule has 2 aromatic heterocycles. The number of hydrogen-bond acceptors (Lipinski definition) is 5. The van der Waals surface area contributed by atoms with Crippen LogP contribution in [0.1, 0.15) is 16.3 Å². The topological polar surface area (TPSA) is 121 Å². The molecular formula is C16H13F4N5O3. The maximum atomic E-state index is 13.1. The molecule has 0 aliphatic heterocycles. The number of carbonyl (C=O) groups excluding carboxylic acids is 1. The van der Waals surface area contributed by atoms with Crippen LogP contribution in [0.2, 0.25) is 0 Å². The molecule has 3 aromatic rings. The average Bonchev–Trinajstić information content (AvgIpc) is 3.04. The van der Waals surface area contributed by atoms with E-state index in [1.807, 2.05) is 0 Å². The van der Waals surface area contributed by atoms with Crippen molar-refractivity contribution >= 4 is 22.9 Å². The third kappa shape index (κ3) is 6.00. The molecule has 3 N–H and O–H groups in total. The monoisotopic (exact) mass is 399 g/mol. The van der Waals surface area contributed by atoms with Gasteiger partial charge in [-0.25, -0.2) is 19.2 Å². The van der Waals surface area contributed by atoms with E-state index < -0.39 is 12.1 Å². The summed E-state index contributed by atoms with van der Waals surface area (Å²) >= 11 is 0. The number of carbonyl (C=O) groups is 2. The molecule has 1 amide bonds. The third-order valence-electron chi connectivity index (χ3n) is 3.18. The van der Waals surface area contributed by atoms with E-state index in [9.17, 15) is 22.4 Å². The fourth-order valence-corrected chi connectivity index (χ4v) is 1.95. The van der Waals surface area contributed by atoms with Gasteiger partial charge in [0, 0.05) is 25.4 Å². The van der Waals surface area contributed by atoms with Crippen molar-refractivity contribution in [2.45, 2.75) is 12.6 Å². The van der Waals surface area contributed by atoms with Gasteiger partial charge in [-0.2, -0.15) is 13.2 Å². The van der Waals surface area contributed by atoms with Gasteiger partial charge in [-0.1, -0.05) is 0 Å². The van der Waals surface area contributed by atoms with Crippen molar-refractivity contribution in [2.24, 2.45) is 0 Å². The highest BCUT2D eigenvalue weighted by atomic mass is 19.4. The number of carboxylic acid groups (broad SMARTS) is 1. The van der Waals surface area contributed by atoms with E-state index in [1.165, 1.54) is 30.7 Å². The predicted molar refractivity (Wildman–Crippen MR) is 87.8 cm³/mol. The molecule has 0 atom stereocenters. The number of carboxylic acids is 1. The minimum Gasteiger partial charge on any atom is -0.475 e. The molecule has 28 heavy (non-hydrogen) atoms. The van der Waals surface area contributed by atoms with Crippen molar-refractivity contribution in [2.75, 3.05) is 6.54 Å². The Morgan fingerprint density at radius 2 is 1.93 bits per heavy atom. The minimum absolute atomic E-state index is 0.268. The van der Waals surface area contributed by atoms with Gasteiger partial charge in [0.15, 0.2) is 0 Å². The van der Waals surface area contributed by atoms with Crippen molar-refractivity contribution in [1.82, 2.24) is 25.3 Å². The molecule has 0 saturated heterocycles. The lowest BCUT2D eigenvalue weighted by Crippen LogP contribution is -2.26. The lowest BCUT2D eigenvalue weighted by Gasteiger charge is -2.02. The number of fused-ring (bicyclic) bond motifs is 1. The molecule has 0 fully saturated rings. The molecule has 0 bridgehead atoms. The standard InChI is InChI=1S/C14H12FN5O.C2HF3O2/c15-9-1-2-10-11(7-9)20-13(19-10)3-4-18-14(21)12-8-16-5-6-17-12;3-2(4,5)1(6)7/h1-2,5-8H,3-4H2,(H,18,21)(H,19,20);(H,6,7). The van der Waals surface area contributed by atoms with Crippen molar-refractivity contribution in [1.29, 1.82) is 0 Å². The summed E-state index contributed by atoms with van der Waals surface area (Å²) in [5, 5.41) is 9.85. The number of hydrogen-bond donors (Lipinski definition) is 3. The van der Waals surface area contributed by atoms with Crippen LogP contribution in [0.4, 0.5) is 17.6 Å². The lowest BCUT2D eigenvalue weighted by atomic mass is 10.3. The van der Waals surface area contributed by atoms with Crippen LogP contribution in [0.25, 0.3) is 11.0 Å². The average molecular weight is 399 g/mol. The fraction of sp³-hybridized carbons (Fsp3) is 0.188. The lowest BCUT2D eigenvalue weighted by molar-refractivity contribution is -0.192. The van der Waals surface area contributed by atoms with Gasteiger partial charge in [-0.15, -0.1) is 0 Å². The first-order chi connectivity index (χ1) is 13.2.